The van der Waals surface area contributed by atoms with Crippen LogP contribution in [0.15, 0.2) is 12.1 Å². The summed E-state index contributed by atoms with van der Waals surface area (Å²) in [7, 11) is 0. The number of carbonyl (C=O) groups excluding carboxylic acids is 1. The van der Waals surface area contributed by atoms with Gasteiger partial charge < -0.3 is 10.6 Å². The average molecular weight is 336 g/mol. The van der Waals surface area contributed by atoms with Gasteiger partial charge in [0.2, 0.25) is 0 Å². The molecule has 3 nitrogen and oxygen atoms in total. The van der Waals surface area contributed by atoms with Crippen LogP contribution in [0.3, 0.4) is 0 Å². The molecule has 132 valence electrons. The number of benzene rings is 1. The van der Waals surface area contributed by atoms with E-state index < -0.39 is 23.1 Å². The lowest BCUT2D eigenvalue weighted by atomic mass is 9.91. The molecule has 1 aromatic carbocycles. The summed E-state index contributed by atoms with van der Waals surface area (Å²) in [5, 5.41) is 5.75. The Bertz CT molecular complexity index is 635. The quantitative estimate of drug-likeness (QED) is 0.733. The van der Waals surface area contributed by atoms with Crippen molar-refractivity contribution >= 4 is 11.6 Å². The summed E-state index contributed by atoms with van der Waals surface area (Å²) in [6.07, 6.45) is 6.13. The van der Waals surface area contributed by atoms with Gasteiger partial charge in [-0.25, -0.2) is 8.78 Å². The standard InChI is InChI=1S/C19H26F2N2O/c1-7-19(6,10-12(2)3)23-18(24)14-8-15(20)16(21)9-17(14)22-11-13(4)5/h1,8-9,12-13,22H,10-11H2,2-6H3,(H,23,24). The van der Waals surface area contributed by atoms with Gasteiger partial charge in [-0.2, -0.15) is 0 Å². The maximum absolute atomic E-state index is 13.6. The van der Waals surface area contributed by atoms with Crippen molar-refractivity contribution in [3.05, 3.63) is 29.3 Å². The zero-order valence-electron chi connectivity index (χ0n) is 15.0. The third-order valence-electron chi connectivity index (χ3n) is 3.53. The molecule has 1 atom stereocenters. The maximum Gasteiger partial charge on any atom is 0.254 e. The fourth-order valence-corrected chi connectivity index (χ4v) is 2.48. The van der Waals surface area contributed by atoms with Crippen LogP contribution in [0, 0.1) is 35.8 Å². The van der Waals surface area contributed by atoms with Crippen molar-refractivity contribution in [3.63, 3.8) is 0 Å². The monoisotopic (exact) mass is 336 g/mol. The first-order chi connectivity index (χ1) is 11.1. The summed E-state index contributed by atoms with van der Waals surface area (Å²) in [6.45, 7) is 10.2. The SMILES string of the molecule is C#CC(C)(CC(C)C)NC(=O)c1cc(F)c(F)cc1NCC(C)C. The van der Waals surface area contributed by atoms with Crippen LogP contribution in [0.1, 0.15) is 51.4 Å². The van der Waals surface area contributed by atoms with Crippen LogP contribution in [0.2, 0.25) is 0 Å². The molecule has 2 N–H and O–H groups in total. The van der Waals surface area contributed by atoms with Crippen LogP contribution in [0.4, 0.5) is 14.5 Å². The molecule has 0 radical (unpaired) electrons. The summed E-state index contributed by atoms with van der Waals surface area (Å²) in [5.41, 5.74) is -0.561. The van der Waals surface area contributed by atoms with E-state index in [1.54, 1.807) is 6.92 Å². The minimum Gasteiger partial charge on any atom is -0.384 e. The minimum absolute atomic E-state index is 0.0415. The van der Waals surface area contributed by atoms with Crippen LogP contribution >= 0.6 is 0 Å². The summed E-state index contributed by atoms with van der Waals surface area (Å²) in [6, 6.07) is 1.90. The van der Waals surface area contributed by atoms with Crippen molar-refractivity contribution < 1.29 is 13.6 Å². The number of halogens is 2. The van der Waals surface area contributed by atoms with Crippen molar-refractivity contribution in [1.82, 2.24) is 5.32 Å². The summed E-state index contributed by atoms with van der Waals surface area (Å²) < 4.78 is 27.2. The lowest BCUT2D eigenvalue weighted by Crippen LogP contribution is -2.46. The zero-order valence-corrected chi connectivity index (χ0v) is 15.0. The van der Waals surface area contributed by atoms with Crippen molar-refractivity contribution in [2.24, 2.45) is 11.8 Å². The highest BCUT2D eigenvalue weighted by Gasteiger charge is 2.27. The summed E-state index contributed by atoms with van der Waals surface area (Å²) in [5.74, 6) is 0.547. The van der Waals surface area contributed by atoms with Crippen molar-refractivity contribution in [1.29, 1.82) is 0 Å². The second kappa shape index (κ2) is 8.14. The first-order valence-electron chi connectivity index (χ1n) is 8.11. The molecule has 0 aliphatic carbocycles. The Morgan fingerprint density at radius 2 is 1.79 bits per heavy atom. The van der Waals surface area contributed by atoms with Crippen molar-refractivity contribution in [2.75, 3.05) is 11.9 Å². The molecule has 1 amide bonds. The molecule has 0 fully saturated rings. The number of nitrogens with one attached hydrogen (secondary N) is 2. The van der Waals surface area contributed by atoms with Gasteiger partial charge in [-0.1, -0.05) is 33.6 Å². The van der Waals surface area contributed by atoms with E-state index in [0.29, 0.717) is 13.0 Å². The van der Waals surface area contributed by atoms with Crippen LogP contribution < -0.4 is 10.6 Å². The van der Waals surface area contributed by atoms with E-state index in [1.165, 1.54) is 0 Å². The molecular weight excluding hydrogens is 310 g/mol. The molecule has 0 heterocycles. The van der Waals surface area contributed by atoms with E-state index >= 15 is 0 Å². The Kier molecular flexibility index (Phi) is 6.77. The lowest BCUT2D eigenvalue weighted by Gasteiger charge is -2.27. The van der Waals surface area contributed by atoms with Gasteiger partial charge in [0.1, 0.15) is 0 Å². The van der Waals surface area contributed by atoms with E-state index in [-0.39, 0.29) is 23.1 Å². The minimum atomic E-state index is -1.07. The van der Waals surface area contributed by atoms with Crippen LogP contribution in [-0.2, 0) is 0 Å². The second-order valence-electron chi connectivity index (χ2n) is 7.12. The molecule has 0 bridgehead atoms. The topological polar surface area (TPSA) is 41.1 Å². The molecule has 0 aliphatic rings. The highest BCUT2D eigenvalue weighted by molar-refractivity contribution is 6.00. The number of hydrogen-bond acceptors (Lipinski definition) is 2. The largest absolute Gasteiger partial charge is 0.384 e. The van der Waals surface area contributed by atoms with E-state index in [1.807, 2.05) is 27.7 Å². The normalized spacial score (nSPS) is 13.5. The van der Waals surface area contributed by atoms with Crippen LogP contribution in [-0.4, -0.2) is 18.0 Å². The molecule has 1 rings (SSSR count). The smallest absolute Gasteiger partial charge is 0.254 e. The molecule has 0 spiro atoms. The van der Waals surface area contributed by atoms with Gasteiger partial charge in [0.05, 0.1) is 16.8 Å². The predicted molar refractivity (Wildman–Crippen MR) is 93.8 cm³/mol. The molecule has 5 heteroatoms. The highest BCUT2D eigenvalue weighted by atomic mass is 19.2. The number of hydrogen-bond donors (Lipinski definition) is 2. The van der Waals surface area contributed by atoms with E-state index in [2.05, 4.69) is 16.6 Å². The Morgan fingerprint density at radius 3 is 2.29 bits per heavy atom. The predicted octanol–water partition coefficient (Wildman–Crippen LogP) is 4.20. The number of amides is 1. The molecule has 0 saturated heterocycles. The Morgan fingerprint density at radius 1 is 1.21 bits per heavy atom. The average Bonchev–Trinajstić information content (AvgIpc) is 2.46. The van der Waals surface area contributed by atoms with E-state index in [9.17, 15) is 13.6 Å². The molecule has 24 heavy (non-hydrogen) atoms. The molecule has 1 unspecified atom stereocenters. The van der Waals surface area contributed by atoms with Gasteiger partial charge in [0.25, 0.3) is 5.91 Å². The van der Waals surface area contributed by atoms with E-state index in [0.717, 1.165) is 12.1 Å². The fraction of sp³-hybridized carbons (Fsp3) is 0.526. The van der Waals surface area contributed by atoms with Gasteiger partial charge >= 0.3 is 0 Å². The number of terminal acetylenes is 1. The summed E-state index contributed by atoms with van der Waals surface area (Å²) >= 11 is 0. The number of rotatable bonds is 7. The van der Waals surface area contributed by atoms with Crippen LogP contribution in [0.5, 0.6) is 0 Å². The first-order valence-corrected chi connectivity index (χ1v) is 8.11. The van der Waals surface area contributed by atoms with E-state index in [4.69, 9.17) is 6.42 Å². The van der Waals surface area contributed by atoms with Gasteiger partial charge in [0, 0.05) is 12.6 Å². The van der Waals surface area contributed by atoms with Gasteiger partial charge in [-0.3, -0.25) is 4.79 Å². The molecule has 0 aliphatic heterocycles. The number of carbonyl (C=O) groups is 1. The lowest BCUT2D eigenvalue weighted by molar-refractivity contribution is 0.0918. The Labute approximate surface area is 143 Å². The van der Waals surface area contributed by atoms with Gasteiger partial charge in [-0.15, -0.1) is 6.42 Å². The summed E-state index contributed by atoms with van der Waals surface area (Å²) in [4.78, 5) is 12.6. The van der Waals surface area contributed by atoms with Gasteiger partial charge in [0.15, 0.2) is 11.6 Å². The Balaban J connectivity index is 3.12. The molecular formula is C19H26F2N2O. The first kappa shape index (κ1) is 20.0. The molecule has 1 aromatic rings. The third-order valence-corrected chi connectivity index (χ3v) is 3.53. The fourth-order valence-electron chi connectivity index (χ4n) is 2.48. The number of anilines is 1. The Hall–Kier alpha value is -2.09. The van der Waals surface area contributed by atoms with Gasteiger partial charge in [-0.05, 0) is 31.2 Å². The van der Waals surface area contributed by atoms with Crippen LogP contribution in [0.25, 0.3) is 0 Å². The third kappa shape index (κ3) is 5.52. The molecule has 0 saturated carbocycles. The van der Waals surface area contributed by atoms with Crippen molar-refractivity contribution in [2.45, 2.75) is 46.6 Å². The maximum atomic E-state index is 13.6. The zero-order chi connectivity index (χ0) is 18.5. The van der Waals surface area contributed by atoms with Crippen molar-refractivity contribution in [3.8, 4) is 12.3 Å². The molecule has 0 aromatic heterocycles. The second-order valence-corrected chi connectivity index (χ2v) is 7.12. The highest BCUT2D eigenvalue weighted by Crippen LogP contribution is 2.23.